The smallest absolute Gasteiger partial charge is 0.233 e. The van der Waals surface area contributed by atoms with Crippen molar-refractivity contribution in [2.24, 2.45) is 0 Å². The fourth-order valence-corrected chi connectivity index (χ4v) is 3.78. The molecule has 1 amide bonds. The Morgan fingerprint density at radius 3 is 2.75 bits per heavy atom. The molecule has 1 atom stereocenters. The van der Waals surface area contributed by atoms with Crippen LogP contribution in [0.5, 0.6) is 5.75 Å². The minimum atomic E-state index is -0.293. The number of rotatable bonds is 7. The lowest BCUT2D eigenvalue weighted by Gasteiger charge is -2.15. The monoisotopic (exact) mass is 415 g/mol. The van der Waals surface area contributed by atoms with Gasteiger partial charge in [-0.3, -0.25) is 9.36 Å². The Bertz CT molecular complexity index is 957. The minimum absolute atomic E-state index is 0.0433. The predicted octanol–water partition coefficient (Wildman–Crippen LogP) is 4.64. The average molecular weight is 416 g/mol. The van der Waals surface area contributed by atoms with Gasteiger partial charge in [0.1, 0.15) is 5.75 Å². The lowest BCUT2D eigenvalue weighted by atomic mass is 10.2. The van der Waals surface area contributed by atoms with Crippen LogP contribution in [0.15, 0.2) is 60.0 Å². The number of carbonyl (C=O) groups excluding carboxylic acids is 1. The van der Waals surface area contributed by atoms with E-state index in [0.29, 0.717) is 11.6 Å². The van der Waals surface area contributed by atoms with E-state index >= 15 is 0 Å². The van der Waals surface area contributed by atoms with Crippen molar-refractivity contribution in [3.8, 4) is 11.4 Å². The number of aromatic nitrogens is 2. The van der Waals surface area contributed by atoms with Gasteiger partial charge in [-0.25, -0.2) is 4.98 Å². The number of methoxy groups -OCH3 is 1. The topological polar surface area (TPSA) is 56.1 Å². The molecule has 0 aliphatic carbocycles. The third-order valence-corrected chi connectivity index (χ3v) is 5.87. The summed E-state index contributed by atoms with van der Waals surface area (Å²) in [6.45, 7) is 4.31. The van der Waals surface area contributed by atoms with Crippen LogP contribution in [0.4, 0.5) is 0 Å². The summed E-state index contributed by atoms with van der Waals surface area (Å²) in [6, 6.07) is 13.4. The molecular formula is C21H22ClN3O2S. The minimum Gasteiger partial charge on any atom is -0.497 e. The van der Waals surface area contributed by atoms with Crippen molar-refractivity contribution >= 4 is 29.3 Å². The molecule has 28 heavy (non-hydrogen) atoms. The zero-order valence-electron chi connectivity index (χ0n) is 16.0. The van der Waals surface area contributed by atoms with E-state index in [4.69, 9.17) is 16.3 Å². The third kappa shape index (κ3) is 4.69. The van der Waals surface area contributed by atoms with Gasteiger partial charge >= 0.3 is 0 Å². The number of nitrogens with one attached hydrogen (secondary N) is 1. The Labute approximate surface area is 174 Å². The average Bonchev–Trinajstić information content (AvgIpc) is 3.16. The first-order chi connectivity index (χ1) is 13.5. The lowest BCUT2D eigenvalue weighted by molar-refractivity contribution is -0.120. The molecule has 1 aromatic heterocycles. The highest BCUT2D eigenvalue weighted by atomic mass is 35.5. The predicted molar refractivity (Wildman–Crippen MR) is 113 cm³/mol. The van der Waals surface area contributed by atoms with E-state index in [1.807, 2.05) is 67.1 Å². The zero-order valence-corrected chi connectivity index (χ0v) is 17.6. The van der Waals surface area contributed by atoms with E-state index in [-0.39, 0.29) is 11.2 Å². The van der Waals surface area contributed by atoms with Gasteiger partial charge in [0.15, 0.2) is 5.16 Å². The van der Waals surface area contributed by atoms with E-state index < -0.39 is 0 Å². The molecule has 0 saturated carbocycles. The van der Waals surface area contributed by atoms with E-state index in [2.05, 4.69) is 10.3 Å². The molecule has 0 aliphatic heterocycles. The van der Waals surface area contributed by atoms with Crippen molar-refractivity contribution in [2.45, 2.75) is 30.8 Å². The van der Waals surface area contributed by atoms with Crippen LogP contribution >= 0.6 is 23.4 Å². The van der Waals surface area contributed by atoms with Crippen LogP contribution in [0.2, 0.25) is 5.02 Å². The van der Waals surface area contributed by atoms with Crippen molar-refractivity contribution in [3.63, 3.8) is 0 Å². The molecule has 146 valence electrons. The van der Waals surface area contributed by atoms with Gasteiger partial charge < -0.3 is 10.1 Å². The number of thioether (sulfide) groups is 1. The van der Waals surface area contributed by atoms with Crippen LogP contribution in [-0.4, -0.2) is 27.8 Å². The molecule has 1 N–H and O–H groups in total. The van der Waals surface area contributed by atoms with E-state index in [9.17, 15) is 4.79 Å². The fraction of sp³-hybridized carbons (Fsp3) is 0.238. The molecule has 0 spiro atoms. The van der Waals surface area contributed by atoms with Gasteiger partial charge in [-0.05, 0) is 49.2 Å². The molecule has 0 unspecified atom stereocenters. The Hall–Kier alpha value is -2.44. The maximum absolute atomic E-state index is 12.5. The SMILES string of the molecule is COc1ccc(CNC(=O)[C@@H](C)Sc2nccn2-c2cccc(Cl)c2C)cc1. The lowest BCUT2D eigenvalue weighted by Crippen LogP contribution is -2.30. The van der Waals surface area contributed by atoms with Crippen molar-refractivity contribution in [3.05, 3.63) is 71.0 Å². The number of imidazole rings is 1. The van der Waals surface area contributed by atoms with Crippen molar-refractivity contribution < 1.29 is 9.53 Å². The van der Waals surface area contributed by atoms with Gasteiger partial charge in [-0.2, -0.15) is 0 Å². The Morgan fingerprint density at radius 1 is 1.29 bits per heavy atom. The maximum Gasteiger partial charge on any atom is 0.233 e. The summed E-state index contributed by atoms with van der Waals surface area (Å²) in [5, 5.41) is 4.13. The zero-order chi connectivity index (χ0) is 20.1. The summed E-state index contributed by atoms with van der Waals surface area (Å²) in [5.74, 6) is 0.750. The molecule has 5 nitrogen and oxygen atoms in total. The molecule has 3 rings (SSSR count). The second-order valence-electron chi connectivity index (χ2n) is 6.29. The molecule has 0 saturated heterocycles. The number of ether oxygens (including phenoxy) is 1. The fourth-order valence-electron chi connectivity index (χ4n) is 2.71. The van der Waals surface area contributed by atoms with Crippen molar-refractivity contribution in [2.75, 3.05) is 7.11 Å². The molecule has 0 aliphatic rings. The van der Waals surface area contributed by atoms with E-state index in [0.717, 1.165) is 27.7 Å². The van der Waals surface area contributed by atoms with Crippen LogP contribution in [0.3, 0.4) is 0 Å². The first kappa shape index (κ1) is 20.3. The molecule has 1 heterocycles. The summed E-state index contributed by atoms with van der Waals surface area (Å²) >= 11 is 7.66. The summed E-state index contributed by atoms with van der Waals surface area (Å²) in [7, 11) is 1.63. The molecule has 0 radical (unpaired) electrons. The van der Waals surface area contributed by atoms with Gasteiger partial charge in [-0.1, -0.05) is 41.6 Å². The molecule has 2 aromatic carbocycles. The van der Waals surface area contributed by atoms with Gasteiger partial charge in [0, 0.05) is 24.0 Å². The van der Waals surface area contributed by atoms with Gasteiger partial charge in [-0.15, -0.1) is 0 Å². The molecule has 7 heteroatoms. The Balaban J connectivity index is 1.64. The van der Waals surface area contributed by atoms with Crippen LogP contribution in [0, 0.1) is 6.92 Å². The van der Waals surface area contributed by atoms with Gasteiger partial charge in [0.2, 0.25) is 5.91 Å². The van der Waals surface area contributed by atoms with Crippen LogP contribution in [0.25, 0.3) is 5.69 Å². The normalized spacial score (nSPS) is 11.9. The molecular weight excluding hydrogens is 394 g/mol. The largest absolute Gasteiger partial charge is 0.497 e. The maximum atomic E-state index is 12.5. The molecule has 0 fully saturated rings. The quantitative estimate of drug-likeness (QED) is 0.571. The van der Waals surface area contributed by atoms with E-state index in [1.54, 1.807) is 13.3 Å². The van der Waals surface area contributed by atoms with Gasteiger partial charge in [0.25, 0.3) is 0 Å². The summed E-state index contributed by atoms with van der Waals surface area (Å²) in [6.07, 6.45) is 3.60. The van der Waals surface area contributed by atoms with Gasteiger partial charge in [0.05, 0.1) is 18.0 Å². The number of hydrogen-bond donors (Lipinski definition) is 1. The summed E-state index contributed by atoms with van der Waals surface area (Å²) in [4.78, 5) is 16.9. The van der Waals surface area contributed by atoms with Crippen molar-refractivity contribution in [1.29, 1.82) is 0 Å². The number of nitrogens with zero attached hydrogens (tertiary/aromatic N) is 2. The second kappa shape index (κ2) is 9.17. The highest BCUT2D eigenvalue weighted by Gasteiger charge is 2.18. The Kier molecular flexibility index (Phi) is 6.65. The third-order valence-electron chi connectivity index (χ3n) is 4.38. The Morgan fingerprint density at radius 2 is 2.04 bits per heavy atom. The number of halogens is 1. The molecule has 3 aromatic rings. The highest BCUT2D eigenvalue weighted by molar-refractivity contribution is 8.00. The summed E-state index contributed by atoms with van der Waals surface area (Å²) in [5.41, 5.74) is 2.95. The summed E-state index contributed by atoms with van der Waals surface area (Å²) < 4.78 is 7.10. The number of hydrogen-bond acceptors (Lipinski definition) is 4. The first-order valence-electron chi connectivity index (χ1n) is 8.85. The highest BCUT2D eigenvalue weighted by Crippen LogP contribution is 2.28. The number of amides is 1. The second-order valence-corrected chi connectivity index (χ2v) is 8.00. The standard InChI is InChI=1S/C21H22ClN3O2S/c1-14-18(22)5-4-6-19(14)25-12-11-23-21(25)28-15(2)20(26)24-13-16-7-9-17(27-3)10-8-16/h4-12,15H,13H2,1-3H3,(H,24,26)/t15-/m1/s1. The van der Waals surface area contributed by atoms with Crippen molar-refractivity contribution in [1.82, 2.24) is 14.9 Å². The number of benzene rings is 2. The molecule has 0 bridgehead atoms. The van der Waals surface area contributed by atoms with Crippen LogP contribution in [0.1, 0.15) is 18.1 Å². The number of carbonyl (C=O) groups is 1. The van der Waals surface area contributed by atoms with E-state index in [1.165, 1.54) is 11.8 Å². The first-order valence-corrected chi connectivity index (χ1v) is 10.1. The van der Waals surface area contributed by atoms with Crippen LogP contribution in [-0.2, 0) is 11.3 Å². The van der Waals surface area contributed by atoms with Crippen LogP contribution < -0.4 is 10.1 Å².